The molecule has 0 aliphatic rings. The van der Waals surface area contributed by atoms with E-state index >= 15 is 0 Å². The number of hydrogen-bond donors (Lipinski definition) is 1. The summed E-state index contributed by atoms with van der Waals surface area (Å²) in [5.74, 6) is -0.116. The maximum absolute atomic E-state index is 12.3. The molecule has 0 atom stereocenters. The van der Waals surface area contributed by atoms with Crippen LogP contribution in [-0.2, 0) is 24.9 Å². The van der Waals surface area contributed by atoms with Crippen LogP contribution in [0.2, 0.25) is 5.02 Å². The lowest BCUT2D eigenvalue weighted by molar-refractivity contribution is -0.121. The molecule has 6 heteroatoms. The fourth-order valence-corrected chi connectivity index (χ4v) is 2.92. The number of aromatic nitrogens is 2. The van der Waals surface area contributed by atoms with Crippen molar-refractivity contribution >= 4 is 28.5 Å². The number of fused-ring (bicyclic) bond motifs is 1. The summed E-state index contributed by atoms with van der Waals surface area (Å²) in [4.78, 5) is 24.4. The zero-order valence-corrected chi connectivity index (χ0v) is 14.1. The number of halogens is 1. The predicted octanol–water partition coefficient (Wildman–Crippen LogP) is 2.70. The van der Waals surface area contributed by atoms with Gasteiger partial charge in [-0.3, -0.25) is 13.9 Å². The molecule has 0 aliphatic carbocycles. The highest BCUT2D eigenvalue weighted by Crippen LogP contribution is 2.14. The molecule has 0 unspecified atom stereocenters. The second-order valence-electron chi connectivity index (χ2n) is 5.60. The Kier molecular flexibility index (Phi) is 4.71. The van der Waals surface area contributed by atoms with Gasteiger partial charge in [0.05, 0.1) is 11.0 Å². The van der Waals surface area contributed by atoms with Crippen molar-refractivity contribution in [3.8, 4) is 0 Å². The summed E-state index contributed by atoms with van der Waals surface area (Å²) in [6.45, 7) is 0.720. The summed E-state index contributed by atoms with van der Waals surface area (Å²) in [5.41, 5.74) is 2.45. The van der Waals surface area contributed by atoms with Crippen molar-refractivity contribution in [2.24, 2.45) is 7.05 Å². The first kappa shape index (κ1) is 16.3. The molecule has 0 aliphatic heterocycles. The van der Waals surface area contributed by atoms with Crippen LogP contribution in [0.15, 0.2) is 53.3 Å². The van der Waals surface area contributed by atoms with E-state index in [2.05, 4.69) is 5.32 Å². The van der Waals surface area contributed by atoms with Crippen LogP contribution >= 0.6 is 11.6 Å². The minimum Gasteiger partial charge on any atom is -0.352 e. The third-order valence-corrected chi connectivity index (χ3v) is 4.42. The Morgan fingerprint density at radius 3 is 2.50 bits per heavy atom. The SMILES string of the molecule is Cn1c(=O)n(CCC(=O)NCc2ccccc2Cl)c2ccccc21. The first-order valence-corrected chi connectivity index (χ1v) is 8.10. The number of amides is 1. The molecule has 1 amide bonds. The summed E-state index contributed by atoms with van der Waals surface area (Å²) >= 11 is 6.07. The number of rotatable bonds is 5. The van der Waals surface area contributed by atoms with Crippen molar-refractivity contribution in [3.05, 3.63) is 69.6 Å². The standard InChI is InChI=1S/C18H18ClN3O2/c1-21-15-8-4-5-9-16(15)22(18(21)24)11-10-17(23)20-12-13-6-2-3-7-14(13)19/h2-9H,10-12H2,1H3,(H,20,23). The highest BCUT2D eigenvalue weighted by atomic mass is 35.5. The number of para-hydroxylation sites is 2. The third-order valence-electron chi connectivity index (χ3n) is 4.05. The Hall–Kier alpha value is -2.53. The Morgan fingerprint density at radius 1 is 1.08 bits per heavy atom. The second-order valence-corrected chi connectivity index (χ2v) is 6.01. The van der Waals surface area contributed by atoms with Gasteiger partial charge in [-0.1, -0.05) is 41.9 Å². The van der Waals surface area contributed by atoms with Gasteiger partial charge in [0.1, 0.15) is 0 Å². The van der Waals surface area contributed by atoms with E-state index in [1.807, 2.05) is 42.5 Å². The van der Waals surface area contributed by atoms with Crippen molar-refractivity contribution in [1.29, 1.82) is 0 Å². The van der Waals surface area contributed by atoms with Crippen LogP contribution in [0.25, 0.3) is 11.0 Å². The Bertz CT molecular complexity index is 943. The Balaban J connectivity index is 1.66. The number of imidazole rings is 1. The largest absolute Gasteiger partial charge is 0.352 e. The zero-order chi connectivity index (χ0) is 17.1. The van der Waals surface area contributed by atoms with E-state index in [9.17, 15) is 9.59 Å². The van der Waals surface area contributed by atoms with Gasteiger partial charge in [-0.05, 0) is 23.8 Å². The van der Waals surface area contributed by atoms with Crippen LogP contribution in [0.1, 0.15) is 12.0 Å². The van der Waals surface area contributed by atoms with E-state index in [1.165, 1.54) is 0 Å². The number of nitrogens with one attached hydrogen (secondary N) is 1. The number of aryl methyl sites for hydroxylation is 2. The minimum atomic E-state index is -0.116. The predicted molar refractivity (Wildman–Crippen MR) is 95.1 cm³/mol. The van der Waals surface area contributed by atoms with Gasteiger partial charge < -0.3 is 5.32 Å². The quantitative estimate of drug-likeness (QED) is 0.774. The summed E-state index contributed by atoms with van der Waals surface area (Å²) < 4.78 is 3.22. The van der Waals surface area contributed by atoms with Crippen molar-refractivity contribution in [2.75, 3.05) is 0 Å². The maximum Gasteiger partial charge on any atom is 0.328 e. The average molecular weight is 344 g/mol. The molecule has 0 bridgehead atoms. The molecule has 5 nitrogen and oxygen atoms in total. The molecular formula is C18H18ClN3O2. The number of carbonyl (C=O) groups excluding carboxylic acids is 1. The second kappa shape index (κ2) is 6.93. The number of benzene rings is 2. The summed E-state index contributed by atoms with van der Waals surface area (Å²) in [5, 5.41) is 3.47. The number of hydrogen-bond acceptors (Lipinski definition) is 2. The lowest BCUT2D eigenvalue weighted by Gasteiger charge is -2.07. The molecular weight excluding hydrogens is 326 g/mol. The van der Waals surface area contributed by atoms with Gasteiger partial charge in [-0.25, -0.2) is 4.79 Å². The lowest BCUT2D eigenvalue weighted by Crippen LogP contribution is -2.27. The van der Waals surface area contributed by atoms with Gasteiger partial charge in [0.15, 0.2) is 0 Å². The molecule has 1 aromatic heterocycles. The van der Waals surface area contributed by atoms with Crippen LogP contribution in [0, 0.1) is 0 Å². The van der Waals surface area contributed by atoms with Crippen LogP contribution in [0.4, 0.5) is 0 Å². The van der Waals surface area contributed by atoms with E-state index < -0.39 is 0 Å². The van der Waals surface area contributed by atoms with Crippen molar-refractivity contribution < 1.29 is 4.79 Å². The molecule has 124 valence electrons. The van der Waals surface area contributed by atoms with Gasteiger partial charge in [-0.15, -0.1) is 0 Å². The molecule has 0 radical (unpaired) electrons. The van der Waals surface area contributed by atoms with Gasteiger partial charge in [0.25, 0.3) is 0 Å². The third kappa shape index (κ3) is 3.21. The summed E-state index contributed by atoms with van der Waals surface area (Å²) in [6.07, 6.45) is 0.234. The molecule has 0 fully saturated rings. The molecule has 0 spiro atoms. The molecule has 0 saturated heterocycles. The van der Waals surface area contributed by atoms with Crippen molar-refractivity contribution in [2.45, 2.75) is 19.5 Å². The molecule has 24 heavy (non-hydrogen) atoms. The highest BCUT2D eigenvalue weighted by Gasteiger charge is 2.11. The number of nitrogens with zero attached hydrogens (tertiary/aromatic N) is 2. The lowest BCUT2D eigenvalue weighted by atomic mass is 10.2. The zero-order valence-electron chi connectivity index (χ0n) is 13.3. The first-order chi connectivity index (χ1) is 11.6. The molecule has 3 aromatic rings. The van der Waals surface area contributed by atoms with Gasteiger partial charge >= 0.3 is 5.69 Å². The first-order valence-electron chi connectivity index (χ1n) is 7.72. The minimum absolute atomic E-state index is 0.116. The van der Waals surface area contributed by atoms with Gasteiger partial charge in [0, 0.05) is 31.6 Å². The van der Waals surface area contributed by atoms with Crippen molar-refractivity contribution in [3.63, 3.8) is 0 Å². The smallest absolute Gasteiger partial charge is 0.328 e. The highest BCUT2D eigenvalue weighted by molar-refractivity contribution is 6.31. The maximum atomic E-state index is 12.3. The van der Waals surface area contributed by atoms with E-state index in [0.717, 1.165) is 16.6 Å². The fraction of sp³-hybridized carbons (Fsp3) is 0.222. The molecule has 0 saturated carbocycles. The molecule has 1 N–H and O–H groups in total. The Labute approximate surface area is 144 Å². The van der Waals surface area contributed by atoms with Gasteiger partial charge in [-0.2, -0.15) is 0 Å². The molecule has 3 rings (SSSR count). The van der Waals surface area contributed by atoms with Crippen LogP contribution < -0.4 is 11.0 Å². The molecule has 1 heterocycles. The van der Waals surface area contributed by atoms with E-state index in [0.29, 0.717) is 18.1 Å². The monoisotopic (exact) mass is 343 g/mol. The van der Waals surface area contributed by atoms with E-state index in [1.54, 1.807) is 22.2 Å². The van der Waals surface area contributed by atoms with E-state index in [-0.39, 0.29) is 18.0 Å². The number of carbonyl (C=O) groups is 1. The summed E-state index contributed by atoms with van der Waals surface area (Å²) in [6, 6.07) is 14.9. The van der Waals surface area contributed by atoms with Gasteiger partial charge in [0.2, 0.25) is 5.91 Å². The van der Waals surface area contributed by atoms with Crippen LogP contribution in [-0.4, -0.2) is 15.0 Å². The van der Waals surface area contributed by atoms with Crippen molar-refractivity contribution in [1.82, 2.24) is 14.5 Å². The molecule has 2 aromatic carbocycles. The van der Waals surface area contributed by atoms with Crippen LogP contribution in [0.3, 0.4) is 0 Å². The fourth-order valence-electron chi connectivity index (χ4n) is 2.72. The van der Waals surface area contributed by atoms with E-state index in [4.69, 9.17) is 11.6 Å². The Morgan fingerprint density at radius 2 is 1.75 bits per heavy atom. The van der Waals surface area contributed by atoms with Crippen LogP contribution in [0.5, 0.6) is 0 Å². The normalized spacial score (nSPS) is 10.9. The average Bonchev–Trinajstić information content (AvgIpc) is 2.84. The summed E-state index contributed by atoms with van der Waals surface area (Å²) in [7, 11) is 1.73. The topological polar surface area (TPSA) is 56.0 Å².